The van der Waals surface area contributed by atoms with Gasteiger partial charge in [-0.05, 0) is 63.2 Å². The molecule has 1 aliphatic heterocycles. The van der Waals surface area contributed by atoms with Crippen LogP contribution < -0.4 is 0 Å². The summed E-state index contributed by atoms with van der Waals surface area (Å²) in [5.41, 5.74) is 0.348. The predicted molar refractivity (Wildman–Crippen MR) is 63.7 cm³/mol. The van der Waals surface area contributed by atoms with Crippen LogP contribution in [0.3, 0.4) is 0 Å². The van der Waals surface area contributed by atoms with Crippen molar-refractivity contribution in [2.45, 2.75) is 63.2 Å². The molecule has 2 heteroatoms. The van der Waals surface area contributed by atoms with E-state index in [0.717, 1.165) is 17.8 Å². The second-order valence-corrected chi connectivity index (χ2v) is 6.73. The molecule has 5 fully saturated rings. The summed E-state index contributed by atoms with van der Waals surface area (Å²) in [4.78, 5) is 4.98. The summed E-state index contributed by atoms with van der Waals surface area (Å²) in [5.74, 6) is 3.00. The van der Waals surface area contributed by atoms with Gasteiger partial charge < -0.3 is 4.74 Å². The van der Waals surface area contributed by atoms with Gasteiger partial charge in [-0.25, -0.2) is 0 Å². The molecule has 0 amide bonds. The van der Waals surface area contributed by atoms with Crippen molar-refractivity contribution in [1.29, 1.82) is 0 Å². The highest BCUT2D eigenvalue weighted by Gasteiger charge is 2.51. The molecule has 4 bridgehead atoms. The van der Waals surface area contributed by atoms with Gasteiger partial charge in [0.2, 0.25) is 0 Å². The number of hydrogen-bond donors (Lipinski definition) is 0. The van der Waals surface area contributed by atoms with Gasteiger partial charge >= 0.3 is 0 Å². The Morgan fingerprint density at radius 3 is 2.00 bits per heavy atom. The molecule has 0 spiro atoms. The van der Waals surface area contributed by atoms with Gasteiger partial charge in [-0.15, -0.1) is 0 Å². The highest BCUT2D eigenvalue weighted by atomic mass is 16.6. The summed E-state index contributed by atoms with van der Waals surface area (Å²) in [6.07, 6.45) is 11.5. The zero-order chi connectivity index (χ0) is 10.8. The maximum absolute atomic E-state index is 5.43. The van der Waals surface area contributed by atoms with Crippen molar-refractivity contribution >= 4 is 6.21 Å². The van der Waals surface area contributed by atoms with E-state index in [-0.39, 0.29) is 0 Å². The largest absolute Gasteiger partial charge is 0.364 e. The van der Waals surface area contributed by atoms with Gasteiger partial charge in [0.25, 0.3) is 0 Å². The molecule has 88 valence electrons. The number of epoxide rings is 1. The van der Waals surface area contributed by atoms with Crippen molar-refractivity contribution in [3.05, 3.63) is 0 Å². The lowest BCUT2D eigenvalue weighted by Crippen LogP contribution is -2.49. The van der Waals surface area contributed by atoms with Gasteiger partial charge in [0.05, 0.1) is 11.6 Å². The van der Waals surface area contributed by atoms with E-state index >= 15 is 0 Å². The van der Waals surface area contributed by atoms with Gasteiger partial charge in [-0.1, -0.05) is 0 Å². The third-order valence-electron chi connectivity index (χ3n) is 5.26. The van der Waals surface area contributed by atoms with Gasteiger partial charge in [-0.3, -0.25) is 4.99 Å². The Balaban J connectivity index is 1.55. The SMILES string of the molecule is C[C@H]1O[C@@H]1C=NC12CC3CC(CC(C3)C1)C2. The lowest BCUT2D eigenvalue weighted by molar-refractivity contribution is 0.00180. The van der Waals surface area contributed by atoms with Crippen LogP contribution >= 0.6 is 0 Å². The molecular weight excluding hydrogens is 198 g/mol. The van der Waals surface area contributed by atoms with Crippen molar-refractivity contribution in [1.82, 2.24) is 0 Å². The summed E-state index contributed by atoms with van der Waals surface area (Å²) >= 11 is 0. The Kier molecular flexibility index (Phi) is 1.86. The van der Waals surface area contributed by atoms with Gasteiger partial charge in [-0.2, -0.15) is 0 Å². The zero-order valence-corrected chi connectivity index (χ0v) is 10.1. The maximum Gasteiger partial charge on any atom is 0.118 e. The van der Waals surface area contributed by atoms with Crippen molar-refractivity contribution < 1.29 is 4.74 Å². The summed E-state index contributed by atoms with van der Waals surface area (Å²) in [6, 6.07) is 0. The topological polar surface area (TPSA) is 24.9 Å². The Labute approximate surface area is 97.5 Å². The highest BCUT2D eigenvalue weighted by molar-refractivity contribution is 5.67. The van der Waals surface area contributed by atoms with Gasteiger partial charge in [0, 0.05) is 6.21 Å². The van der Waals surface area contributed by atoms with E-state index in [0.29, 0.717) is 17.7 Å². The molecule has 5 rings (SSSR count). The molecular formula is C14H21NO. The molecule has 0 aromatic rings. The van der Waals surface area contributed by atoms with Crippen LogP contribution in [-0.4, -0.2) is 24.0 Å². The third-order valence-corrected chi connectivity index (χ3v) is 5.26. The van der Waals surface area contributed by atoms with Crippen LogP contribution in [0.2, 0.25) is 0 Å². The number of aliphatic imine (C=N–C) groups is 1. The van der Waals surface area contributed by atoms with Crippen molar-refractivity contribution in [2.75, 3.05) is 0 Å². The minimum atomic E-state index is 0.341. The second-order valence-electron chi connectivity index (χ2n) is 6.73. The van der Waals surface area contributed by atoms with E-state index in [2.05, 4.69) is 13.1 Å². The van der Waals surface area contributed by atoms with Crippen LogP contribution in [0.1, 0.15) is 45.4 Å². The van der Waals surface area contributed by atoms with Gasteiger partial charge in [0.1, 0.15) is 6.10 Å². The molecule has 2 nitrogen and oxygen atoms in total. The van der Waals surface area contributed by atoms with Crippen LogP contribution in [0.4, 0.5) is 0 Å². The van der Waals surface area contributed by atoms with Crippen LogP contribution in [0.25, 0.3) is 0 Å². The number of hydrogen-bond acceptors (Lipinski definition) is 2. The molecule has 0 aromatic carbocycles. The molecule has 4 aliphatic carbocycles. The van der Waals surface area contributed by atoms with E-state index in [9.17, 15) is 0 Å². The first kappa shape index (κ1) is 9.64. The Hall–Kier alpha value is -0.370. The lowest BCUT2D eigenvalue weighted by atomic mass is 9.53. The fraction of sp³-hybridized carbons (Fsp3) is 0.929. The van der Waals surface area contributed by atoms with Crippen molar-refractivity contribution in [2.24, 2.45) is 22.7 Å². The standard InChI is InChI=1S/C14H21NO/c1-9-13(16-9)8-15-14-5-10-2-11(6-14)4-12(3-10)7-14/h8-13H,2-7H2,1H3/t9-,10?,11?,12?,13-,14?/m1/s1. The molecule has 0 radical (unpaired) electrons. The zero-order valence-electron chi connectivity index (χ0n) is 10.1. The number of ether oxygens (including phenoxy) is 1. The molecule has 2 atom stereocenters. The van der Waals surface area contributed by atoms with Gasteiger partial charge in [0.15, 0.2) is 0 Å². The fourth-order valence-electron chi connectivity index (χ4n) is 4.81. The Morgan fingerprint density at radius 1 is 1.06 bits per heavy atom. The Bertz CT molecular complexity index is 300. The average Bonchev–Trinajstić information content (AvgIpc) is 2.90. The maximum atomic E-state index is 5.43. The molecule has 4 saturated carbocycles. The molecule has 0 aromatic heterocycles. The monoisotopic (exact) mass is 219 g/mol. The minimum absolute atomic E-state index is 0.341. The molecule has 0 unspecified atom stereocenters. The lowest BCUT2D eigenvalue weighted by Gasteiger charge is -2.54. The smallest absolute Gasteiger partial charge is 0.118 e. The van der Waals surface area contributed by atoms with E-state index in [1.807, 2.05) is 0 Å². The predicted octanol–water partition coefficient (Wildman–Crippen LogP) is 2.81. The third kappa shape index (κ3) is 1.46. The van der Waals surface area contributed by atoms with Crippen LogP contribution in [0, 0.1) is 17.8 Å². The average molecular weight is 219 g/mol. The van der Waals surface area contributed by atoms with Crippen LogP contribution in [-0.2, 0) is 4.74 Å². The molecule has 16 heavy (non-hydrogen) atoms. The van der Waals surface area contributed by atoms with E-state index in [1.165, 1.54) is 38.5 Å². The minimum Gasteiger partial charge on any atom is -0.364 e. The fourth-order valence-corrected chi connectivity index (χ4v) is 4.81. The van der Waals surface area contributed by atoms with E-state index < -0.39 is 0 Å². The summed E-state index contributed by atoms with van der Waals surface area (Å²) < 4.78 is 5.43. The molecule has 1 heterocycles. The Morgan fingerprint density at radius 2 is 1.56 bits per heavy atom. The second kappa shape index (κ2) is 3.10. The first-order valence-corrected chi connectivity index (χ1v) is 6.93. The molecule has 1 saturated heterocycles. The van der Waals surface area contributed by atoms with Crippen molar-refractivity contribution in [3.63, 3.8) is 0 Å². The van der Waals surface area contributed by atoms with Crippen LogP contribution in [0.15, 0.2) is 4.99 Å². The van der Waals surface area contributed by atoms with E-state index in [4.69, 9.17) is 9.73 Å². The summed E-state index contributed by atoms with van der Waals surface area (Å²) in [7, 11) is 0. The summed E-state index contributed by atoms with van der Waals surface area (Å²) in [6.45, 7) is 2.14. The first-order valence-electron chi connectivity index (χ1n) is 6.93. The summed E-state index contributed by atoms with van der Waals surface area (Å²) in [5, 5.41) is 0. The molecule has 0 N–H and O–H groups in total. The van der Waals surface area contributed by atoms with Crippen LogP contribution in [0.5, 0.6) is 0 Å². The van der Waals surface area contributed by atoms with E-state index in [1.54, 1.807) is 0 Å². The molecule has 5 aliphatic rings. The normalized spacial score (nSPS) is 58.4. The van der Waals surface area contributed by atoms with Crippen molar-refractivity contribution in [3.8, 4) is 0 Å². The number of nitrogens with zero attached hydrogens (tertiary/aromatic N) is 1. The quantitative estimate of drug-likeness (QED) is 0.518. The first-order chi connectivity index (χ1) is 7.72. The number of rotatable bonds is 2. The highest BCUT2D eigenvalue weighted by Crippen LogP contribution is 2.57.